The first-order chi connectivity index (χ1) is 3.27. The van der Waals surface area contributed by atoms with Gasteiger partial charge in [0, 0.05) is 13.0 Å². The van der Waals surface area contributed by atoms with Crippen molar-refractivity contribution in [1.29, 1.82) is 0 Å². The van der Waals surface area contributed by atoms with E-state index in [1.807, 2.05) is 0 Å². The van der Waals surface area contributed by atoms with Crippen molar-refractivity contribution in [2.45, 2.75) is 6.42 Å². The average molecular weight is 123 g/mol. The van der Waals surface area contributed by atoms with Crippen LogP contribution in [0, 0.1) is 0 Å². The molecular formula is C3H8O3P+. The molecule has 0 saturated heterocycles. The molecule has 0 amide bonds. The van der Waals surface area contributed by atoms with Crippen molar-refractivity contribution in [3.8, 4) is 0 Å². The third-order valence-corrected chi connectivity index (χ3v) is 1.21. The molecule has 0 rings (SSSR count). The normalized spacial score (nSPS) is 11.4. The molecular weight excluding hydrogens is 115 g/mol. The fourth-order valence-electron chi connectivity index (χ4n) is 0.206. The number of hydrogen-bond donors (Lipinski definition) is 2. The molecule has 1 atom stereocenters. The number of aliphatic hydroxyl groups excluding tert-OH is 1. The molecule has 0 aliphatic carbocycles. The summed E-state index contributed by atoms with van der Waals surface area (Å²) in [6.07, 6.45) is 0.636. The van der Waals surface area contributed by atoms with Crippen LogP contribution in [-0.2, 0) is 4.57 Å². The van der Waals surface area contributed by atoms with Crippen LogP contribution in [0.3, 0.4) is 0 Å². The van der Waals surface area contributed by atoms with E-state index in [1.54, 1.807) is 0 Å². The van der Waals surface area contributed by atoms with E-state index >= 15 is 0 Å². The molecule has 0 heterocycles. The topological polar surface area (TPSA) is 57.5 Å². The van der Waals surface area contributed by atoms with Gasteiger partial charge in [-0.2, -0.15) is 4.89 Å². The second-order valence-corrected chi connectivity index (χ2v) is 2.30. The Morgan fingerprint density at radius 3 is 2.29 bits per heavy atom. The van der Waals surface area contributed by atoms with Crippen molar-refractivity contribution >= 4 is 8.03 Å². The van der Waals surface area contributed by atoms with Gasteiger partial charge >= 0.3 is 8.03 Å². The zero-order valence-electron chi connectivity index (χ0n) is 3.87. The summed E-state index contributed by atoms with van der Waals surface area (Å²) in [6.45, 7) is 0.00162. The lowest BCUT2D eigenvalue weighted by molar-refractivity contribution is 0.294. The highest BCUT2D eigenvalue weighted by Crippen LogP contribution is 2.12. The molecule has 7 heavy (non-hydrogen) atoms. The van der Waals surface area contributed by atoms with Gasteiger partial charge in [0.05, 0.1) is 0 Å². The Bertz CT molecular complexity index is 63.2. The van der Waals surface area contributed by atoms with Crippen molar-refractivity contribution in [3.05, 3.63) is 0 Å². The lowest BCUT2D eigenvalue weighted by atomic mass is 10.5. The molecule has 0 spiro atoms. The van der Waals surface area contributed by atoms with Gasteiger partial charge in [-0.1, -0.05) is 0 Å². The molecule has 4 heteroatoms. The Morgan fingerprint density at radius 1 is 1.57 bits per heavy atom. The van der Waals surface area contributed by atoms with E-state index in [0.29, 0.717) is 6.42 Å². The summed E-state index contributed by atoms with van der Waals surface area (Å²) in [6, 6.07) is 0. The van der Waals surface area contributed by atoms with E-state index in [0.717, 1.165) is 0 Å². The minimum Gasteiger partial charge on any atom is -0.396 e. The maximum Gasteiger partial charge on any atom is 0.505 e. The highest BCUT2D eigenvalue weighted by Gasteiger charge is 2.06. The fourth-order valence-corrected chi connectivity index (χ4v) is 0.618. The van der Waals surface area contributed by atoms with Crippen molar-refractivity contribution in [3.63, 3.8) is 0 Å². The smallest absolute Gasteiger partial charge is 0.396 e. The number of rotatable bonds is 3. The first kappa shape index (κ1) is 7.02. The minimum atomic E-state index is -2.02. The Balaban J connectivity index is 2.82. The van der Waals surface area contributed by atoms with Crippen molar-refractivity contribution in [2.75, 3.05) is 12.8 Å². The SMILES string of the molecule is O=[P+](O)CCCO. The zero-order chi connectivity index (χ0) is 5.70. The summed E-state index contributed by atoms with van der Waals surface area (Å²) in [4.78, 5) is 8.08. The van der Waals surface area contributed by atoms with Gasteiger partial charge in [-0.3, -0.25) is 0 Å². The second kappa shape index (κ2) is 4.19. The van der Waals surface area contributed by atoms with Gasteiger partial charge in [0.1, 0.15) is 0 Å². The highest BCUT2D eigenvalue weighted by atomic mass is 31.1. The van der Waals surface area contributed by atoms with Crippen molar-refractivity contribution in [2.24, 2.45) is 0 Å². The van der Waals surface area contributed by atoms with Crippen molar-refractivity contribution in [1.82, 2.24) is 0 Å². The molecule has 0 bridgehead atoms. The first-order valence-electron chi connectivity index (χ1n) is 2.02. The van der Waals surface area contributed by atoms with E-state index in [-0.39, 0.29) is 12.8 Å². The zero-order valence-corrected chi connectivity index (χ0v) is 4.77. The van der Waals surface area contributed by atoms with E-state index in [2.05, 4.69) is 0 Å². The van der Waals surface area contributed by atoms with E-state index in [4.69, 9.17) is 10.00 Å². The molecule has 0 aromatic rings. The summed E-state index contributed by atoms with van der Waals surface area (Å²) in [5.74, 6) is 0. The third-order valence-electron chi connectivity index (χ3n) is 0.508. The summed E-state index contributed by atoms with van der Waals surface area (Å²) < 4.78 is 9.80. The van der Waals surface area contributed by atoms with Gasteiger partial charge in [0.15, 0.2) is 6.16 Å². The van der Waals surface area contributed by atoms with E-state index in [1.165, 1.54) is 0 Å². The van der Waals surface area contributed by atoms with Gasteiger partial charge in [-0.05, 0) is 4.57 Å². The second-order valence-electron chi connectivity index (χ2n) is 1.15. The molecule has 42 valence electrons. The van der Waals surface area contributed by atoms with Gasteiger partial charge < -0.3 is 5.11 Å². The van der Waals surface area contributed by atoms with E-state index < -0.39 is 8.03 Å². The molecule has 0 aromatic carbocycles. The Labute approximate surface area is 42.8 Å². The molecule has 1 unspecified atom stereocenters. The highest BCUT2D eigenvalue weighted by molar-refractivity contribution is 7.37. The lowest BCUT2D eigenvalue weighted by Gasteiger charge is -1.76. The summed E-state index contributed by atoms with van der Waals surface area (Å²) in [7, 11) is -2.02. The predicted molar refractivity (Wildman–Crippen MR) is 26.4 cm³/mol. The molecule has 0 radical (unpaired) electrons. The monoisotopic (exact) mass is 123 g/mol. The molecule has 0 aliphatic heterocycles. The fraction of sp³-hybridized carbons (Fsp3) is 1.00. The van der Waals surface area contributed by atoms with Crippen LogP contribution in [0.2, 0.25) is 0 Å². The van der Waals surface area contributed by atoms with Crippen LogP contribution in [0.1, 0.15) is 6.42 Å². The van der Waals surface area contributed by atoms with Gasteiger partial charge in [-0.25, -0.2) is 0 Å². The number of hydrogen-bond acceptors (Lipinski definition) is 2. The maximum absolute atomic E-state index is 9.80. The quantitative estimate of drug-likeness (QED) is 0.523. The minimum absolute atomic E-state index is 0.00162. The van der Waals surface area contributed by atoms with Gasteiger partial charge in [0.25, 0.3) is 0 Å². The van der Waals surface area contributed by atoms with Crippen LogP contribution >= 0.6 is 8.03 Å². The maximum atomic E-state index is 9.80. The Morgan fingerprint density at radius 2 is 2.14 bits per heavy atom. The van der Waals surface area contributed by atoms with Gasteiger partial charge in [-0.15, -0.1) is 0 Å². The molecule has 0 saturated carbocycles. The van der Waals surface area contributed by atoms with Crippen LogP contribution in [0.4, 0.5) is 0 Å². The summed E-state index contributed by atoms with van der Waals surface area (Å²) in [5.41, 5.74) is 0. The molecule has 3 nitrogen and oxygen atoms in total. The third kappa shape index (κ3) is 6.02. The largest absolute Gasteiger partial charge is 0.505 e. The summed E-state index contributed by atoms with van der Waals surface area (Å²) >= 11 is 0. The Hall–Kier alpha value is 0.0200. The molecule has 0 aromatic heterocycles. The molecule has 2 N–H and O–H groups in total. The predicted octanol–water partition coefficient (Wildman–Crippen LogP) is 0.103. The van der Waals surface area contributed by atoms with Crippen LogP contribution in [0.15, 0.2) is 0 Å². The lowest BCUT2D eigenvalue weighted by Crippen LogP contribution is -1.83. The van der Waals surface area contributed by atoms with Gasteiger partial charge in [0.2, 0.25) is 0 Å². The Kier molecular flexibility index (Phi) is 4.20. The van der Waals surface area contributed by atoms with E-state index in [9.17, 15) is 4.57 Å². The average Bonchev–Trinajstić information content (AvgIpc) is 1.61. The van der Waals surface area contributed by atoms with Crippen LogP contribution in [-0.4, -0.2) is 22.8 Å². The summed E-state index contributed by atoms with van der Waals surface area (Å²) in [5, 5.41) is 8.08. The van der Waals surface area contributed by atoms with Crippen LogP contribution in [0.5, 0.6) is 0 Å². The van der Waals surface area contributed by atoms with Crippen molar-refractivity contribution < 1.29 is 14.6 Å². The molecule has 0 fully saturated rings. The molecule has 0 aliphatic rings. The standard InChI is InChI=1S/C3H7O3P/c4-2-1-3-7(5)6/h4H,1-3H2/p+1. The first-order valence-corrected chi connectivity index (χ1v) is 3.41. The van der Waals surface area contributed by atoms with Crippen LogP contribution in [0.25, 0.3) is 0 Å². The van der Waals surface area contributed by atoms with Crippen LogP contribution < -0.4 is 0 Å². The number of aliphatic hydroxyl groups is 1.